The zero-order valence-corrected chi connectivity index (χ0v) is 18.6. The second-order valence-corrected chi connectivity index (χ2v) is 9.05. The number of aromatic nitrogens is 4. The number of hydrogen-bond acceptors (Lipinski definition) is 5. The van der Waals surface area contributed by atoms with E-state index in [0.717, 1.165) is 50.7 Å². The molecule has 0 amide bonds. The Morgan fingerprint density at radius 2 is 1.75 bits per heavy atom. The van der Waals surface area contributed by atoms with E-state index in [1.807, 2.05) is 22.9 Å². The third kappa shape index (κ3) is 4.56. The fourth-order valence-corrected chi connectivity index (χ4v) is 5.30. The van der Waals surface area contributed by atoms with Gasteiger partial charge in [0.1, 0.15) is 5.82 Å². The van der Waals surface area contributed by atoms with Gasteiger partial charge in [-0.15, -0.1) is 16.4 Å². The van der Waals surface area contributed by atoms with E-state index in [-0.39, 0.29) is 11.9 Å². The Morgan fingerprint density at radius 3 is 2.47 bits per heavy atom. The molecule has 5 rings (SSSR count). The van der Waals surface area contributed by atoms with Crippen molar-refractivity contribution in [3.63, 3.8) is 0 Å². The summed E-state index contributed by atoms with van der Waals surface area (Å²) >= 11 is 1.76. The topological polar surface area (TPSA) is 51.3 Å². The molecule has 1 N–H and O–H groups in total. The van der Waals surface area contributed by atoms with Gasteiger partial charge >= 0.3 is 0 Å². The maximum atomic E-state index is 13.3. The maximum Gasteiger partial charge on any atom is 0.215 e. The Kier molecular flexibility index (Phi) is 6.22. The number of thiophene rings is 1. The standard InChI is InChI=1S/C24H25FN6S/c25-20-8-10-21(11-9-20)29-14-16-30(17-15-29)23(22-7-4-18-32-22)24-26-27-28-31(24)13-12-19-5-2-1-3-6-19/h1-11,18,23H,12-17H2/p+1/t23-/m0/s1. The van der Waals surface area contributed by atoms with Gasteiger partial charge in [0.05, 0.1) is 31.1 Å². The first-order chi connectivity index (χ1) is 15.8. The van der Waals surface area contributed by atoms with Crippen molar-refractivity contribution in [2.24, 2.45) is 0 Å². The van der Waals surface area contributed by atoms with Crippen molar-refractivity contribution in [3.8, 4) is 0 Å². The first-order valence-corrected chi connectivity index (χ1v) is 11.8. The minimum absolute atomic E-state index is 0.108. The molecule has 1 aliphatic heterocycles. The van der Waals surface area contributed by atoms with Crippen molar-refractivity contribution >= 4 is 17.0 Å². The number of benzene rings is 2. The minimum Gasteiger partial charge on any atom is -0.360 e. The summed E-state index contributed by atoms with van der Waals surface area (Å²) in [5, 5.41) is 15.0. The lowest BCUT2D eigenvalue weighted by atomic mass is 10.1. The van der Waals surface area contributed by atoms with Gasteiger partial charge in [0.25, 0.3) is 0 Å². The zero-order valence-electron chi connectivity index (χ0n) is 17.8. The lowest BCUT2D eigenvalue weighted by Crippen LogP contribution is -3.15. The molecule has 2 aromatic heterocycles. The van der Waals surface area contributed by atoms with Crippen LogP contribution in [0.3, 0.4) is 0 Å². The molecule has 0 spiro atoms. The number of halogens is 1. The molecule has 0 saturated carbocycles. The Bertz CT molecular complexity index is 1110. The normalized spacial score (nSPS) is 15.7. The van der Waals surface area contributed by atoms with Crippen LogP contribution in [0.1, 0.15) is 22.3 Å². The summed E-state index contributed by atoms with van der Waals surface area (Å²) in [4.78, 5) is 5.07. The molecule has 1 saturated heterocycles. The van der Waals surface area contributed by atoms with Crippen LogP contribution in [-0.2, 0) is 13.0 Å². The van der Waals surface area contributed by atoms with Gasteiger partial charge in [-0.3, -0.25) is 0 Å². The SMILES string of the molecule is Fc1ccc(N2CC[NH+]([C@@H](c3cccs3)c3nnnn3CCc3ccccc3)CC2)cc1. The highest BCUT2D eigenvalue weighted by molar-refractivity contribution is 7.10. The van der Waals surface area contributed by atoms with Gasteiger partial charge in [0.15, 0.2) is 6.04 Å². The molecule has 0 unspecified atom stereocenters. The van der Waals surface area contributed by atoms with E-state index < -0.39 is 0 Å². The van der Waals surface area contributed by atoms with E-state index >= 15 is 0 Å². The molecule has 164 valence electrons. The second-order valence-electron chi connectivity index (χ2n) is 8.07. The molecular weight excluding hydrogens is 423 g/mol. The van der Waals surface area contributed by atoms with Crippen molar-refractivity contribution in [2.75, 3.05) is 31.1 Å². The third-order valence-electron chi connectivity index (χ3n) is 6.11. The van der Waals surface area contributed by atoms with Gasteiger partial charge in [0.2, 0.25) is 5.82 Å². The number of quaternary nitrogens is 1. The highest BCUT2D eigenvalue weighted by Gasteiger charge is 2.34. The molecule has 32 heavy (non-hydrogen) atoms. The van der Waals surface area contributed by atoms with Crippen LogP contribution in [0.25, 0.3) is 0 Å². The van der Waals surface area contributed by atoms with Crippen LogP contribution in [0.5, 0.6) is 0 Å². The average Bonchev–Trinajstić information content (AvgIpc) is 3.53. The lowest BCUT2D eigenvalue weighted by molar-refractivity contribution is -0.926. The van der Waals surface area contributed by atoms with Gasteiger partial charge in [0, 0.05) is 12.2 Å². The first kappa shape index (κ1) is 20.8. The molecule has 8 heteroatoms. The Hall–Kier alpha value is -3.10. The Balaban J connectivity index is 1.34. The van der Waals surface area contributed by atoms with E-state index in [0.29, 0.717) is 0 Å². The average molecular weight is 450 g/mol. The largest absolute Gasteiger partial charge is 0.360 e. The second kappa shape index (κ2) is 9.58. The predicted molar refractivity (Wildman–Crippen MR) is 123 cm³/mol. The first-order valence-electron chi connectivity index (χ1n) is 11.0. The highest BCUT2D eigenvalue weighted by atomic mass is 32.1. The molecule has 2 aromatic carbocycles. The molecule has 0 aliphatic carbocycles. The molecule has 0 bridgehead atoms. The number of tetrazole rings is 1. The Labute approximate surface area is 190 Å². The van der Waals surface area contributed by atoms with E-state index in [1.54, 1.807) is 11.3 Å². The molecule has 6 nitrogen and oxygen atoms in total. The van der Waals surface area contributed by atoms with Crippen molar-refractivity contribution in [1.82, 2.24) is 20.2 Å². The summed E-state index contributed by atoms with van der Waals surface area (Å²) in [6, 6.07) is 21.6. The monoisotopic (exact) mass is 449 g/mol. The molecular formula is C24H26FN6S+. The predicted octanol–water partition coefficient (Wildman–Crippen LogP) is 2.61. The number of hydrogen-bond donors (Lipinski definition) is 1. The summed E-state index contributed by atoms with van der Waals surface area (Å²) in [6.07, 6.45) is 0.893. The number of piperazine rings is 1. The minimum atomic E-state index is -0.196. The summed E-state index contributed by atoms with van der Waals surface area (Å²) < 4.78 is 15.3. The van der Waals surface area contributed by atoms with Crippen LogP contribution in [-0.4, -0.2) is 46.4 Å². The van der Waals surface area contributed by atoms with Crippen LogP contribution in [0.2, 0.25) is 0 Å². The van der Waals surface area contributed by atoms with Crippen LogP contribution < -0.4 is 9.80 Å². The molecule has 3 heterocycles. The van der Waals surface area contributed by atoms with E-state index in [9.17, 15) is 4.39 Å². The number of aryl methyl sites for hydroxylation is 2. The van der Waals surface area contributed by atoms with Gasteiger partial charge in [-0.05, 0) is 58.1 Å². The number of anilines is 1. The van der Waals surface area contributed by atoms with E-state index in [1.165, 1.54) is 27.5 Å². The highest BCUT2D eigenvalue weighted by Crippen LogP contribution is 2.23. The van der Waals surface area contributed by atoms with Crippen LogP contribution in [0.4, 0.5) is 10.1 Å². The summed E-state index contributed by atoms with van der Waals surface area (Å²) in [5.74, 6) is 0.728. The lowest BCUT2D eigenvalue weighted by Gasteiger charge is -2.36. The third-order valence-corrected chi connectivity index (χ3v) is 7.04. The zero-order chi connectivity index (χ0) is 21.8. The van der Waals surface area contributed by atoms with E-state index in [4.69, 9.17) is 0 Å². The van der Waals surface area contributed by atoms with Crippen molar-refractivity contribution < 1.29 is 9.29 Å². The van der Waals surface area contributed by atoms with Crippen molar-refractivity contribution in [2.45, 2.75) is 19.0 Å². The van der Waals surface area contributed by atoms with Crippen molar-refractivity contribution in [3.05, 3.63) is 94.2 Å². The fraction of sp³-hybridized carbons (Fsp3) is 0.292. The number of rotatable bonds is 7. The van der Waals surface area contributed by atoms with Gasteiger partial charge < -0.3 is 9.80 Å². The van der Waals surface area contributed by atoms with Crippen LogP contribution in [0, 0.1) is 5.82 Å². The van der Waals surface area contributed by atoms with E-state index in [2.05, 4.69) is 62.2 Å². The summed E-state index contributed by atoms with van der Waals surface area (Å²) in [6.45, 7) is 4.50. The van der Waals surface area contributed by atoms with Gasteiger partial charge in [-0.25, -0.2) is 9.07 Å². The smallest absolute Gasteiger partial charge is 0.215 e. The summed E-state index contributed by atoms with van der Waals surface area (Å²) in [5.41, 5.74) is 2.35. The Morgan fingerprint density at radius 1 is 0.969 bits per heavy atom. The van der Waals surface area contributed by atoms with Gasteiger partial charge in [-0.2, -0.15) is 0 Å². The van der Waals surface area contributed by atoms with Crippen molar-refractivity contribution in [1.29, 1.82) is 0 Å². The molecule has 0 radical (unpaired) electrons. The number of nitrogens with zero attached hydrogens (tertiary/aromatic N) is 5. The molecule has 1 atom stereocenters. The fourth-order valence-electron chi connectivity index (χ4n) is 4.42. The van der Waals surface area contributed by atoms with Crippen LogP contribution >= 0.6 is 11.3 Å². The maximum absolute atomic E-state index is 13.3. The van der Waals surface area contributed by atoms with Gasteiger partial charge in [-0.1, -0.05) is 36.4 Å². The molecule has 4 aromatic rings. The molecule has 1 fully saturated rings. The van der Waals surface area contributed by atoms with Crippen LogP contribution in [0.15, 0.2) is 72.1 Å². The number of nitrogens with one attached hydrogen (secondary N) is 1. The molecule has 1 aliphatic rings. The quantitative estimate of drug-likeness (QED) is 0.471. The summed E-state index contributed by atoms with van der Waals surface area (Å²) in [7, 11) is 0.